The molecule has 0 aliphatic carbocycles. The molecule has 1 aliphatic heterocycles. The zero-order valence-corrected chi connectivity index (χ0v) is 48.8. The molecule has 460 valence electrons. The van der Waals surface area contributed by atoms with Crippen molar-refractivity contribution in [1.82, 2.24) is 53.2 Å². The average molecular weight is 1140 g/mol. The minimum Gasteiger partial charge on any atom is -0.391 e. The van der Waals surface area contributed by atoms with E-state index >= 15 is 0 Å². The van der Waals surface area contributed by atoms with Gasteiger partial charge in [-0.25, -0.2) is 0 Å². The summed E-state index contributed by atoms with van der Waals surface area (Å²) in [6.07, 6.45) is 8.19. The standard InChI is InChI=1S/C54H102N14O12/c1-8-9-10-11-12-13-14-15-16-17-18-19-43(71)67-45(35(7)70)54(80)64-38(22-27-57)47(73)63-40-24-29-59-53(79)44(34(6)69)68-50(76)39(23-28-58)61-46(72)36(20-25-55)62-51(77)41(30-32(2)3)66-52(78)42(31-33(4)5)65-48(74)37(21-26-56)60-49(40)75/h32-42,44-45,69-70H,8-31,55-58H2,1-7H3,(H,59,79)(H,60,75)(H,61,72)(H,62,77)(H,63,73)(H,64,80)(H,65,74)(H,66,78)(H,67,71)(H,68,76). The molecule has 0 spiro atoms. The van der Waals surface area contributed by atoms with Gasteiger partial charge < -0.3 is 86.3 Å². The van der Waals surface area contributed by atoms with Gasteiger partial charge in [-0.1, -0.05) is 98.8 Å². The molecule has 11 atom stereocenters. The number of aliphatic hydroxyl groups is 2. The van der Waals surface area contributed by atoms with Gasteiger partial charge in [0.15, 0.2) is 0 Å². The van der Waals surface area contributed by atoms with Gasteiger partial charge in [-0.05, 0) is 103 Å². The number of hydrogen-bond acceptors (Lipinski definition) is 16. The molecule has 0 aromatic carbocycles. The number of aliphatic hydroxyl groups excluding tert-OH is 2. The molecular formula is C54H102N14O12. The van der Waals surface area contributed by atoms with Gasteiger partial charge in [0.2, 0.25) is 59.1 Å². The highest BCUT2D eigenvalue weighted by Crippen LogP contribution is 2.14. The van der Waals surface area contributed by atoms with E-state index in [1.165, 1.54) is 52.4 Å². The van der Waals surface area contributed by atoms with Crippen molar-refractivity contribution in [2.75, 3.05) is 32.7 Å². The van der Waals surface area contributed by atoms with Gasteiger partial charge in [0.05, 0.1) is 12.2 Å². The van der Waals surface area contributed by atoms with Crippen LogP contribution in [-0.2, 0) is 47.9 Å². The normalized spacial score (nSPS) is 23.0. The largest absolute Gasteiger partial charge is 0.391 e. The molecule has 1 heterocycles. The van der Waals surface area contributed by atoms with E-state index in [9.17, 15) is 58.2 Å². The Kier molecular flexibility index (Phi) is 36.8. The number of carbonyl (C=O) groups is 10. The molecule has 0 bridgehead atoms. The number of rotatable bonds is 31. The lowest BCUT2D eigenvalue weighted by Gasteiger charge is -2.29. The van der Waals surface area contributed by atoms with Crippen molar-refractivity contribution in [2.45, 2.75) is 237 Å². The molecule has 26 nitrogen and oxygen atoms in total. The maximum Gasteiger partial charge on any atom is 0.245 e. The van der Waals surface area contributed by atoms with Crippen molar-refractivity contribution in [3.05, 3.63) is 0 Å². The van der Waals surface area contributed by atoms with Gasteiger partial charge in [0.1, 0.15) is 54.4 Å². The van der Waals surface area contributed by atoms with Gasteiger partial charge in [0, 0.05) is 13.0 Å². The molecule has 1 rings (SSSR count). The smallest absolute Gasteiger partial charge is 0.245 e. The molecule has 26 heteroatoms. The van der Waals surface area contributed by atoms with Crippen LogP contribution in [0, 0.1) is 11.8 Å². The highest BCUT2D eigenvalue weighted by atomic mass is 16.3. The van der Waals surface area contributed by atoms with E-state index in [4.69, 9.17) is 22.9 Å². The summed E-state index contributed by atoms with van der Waals surface area (Å²) < 4.78 is 0. The third kappa shape index (κ3) is 28.7. The summed E-state index contributed by atoms with van der Waals surface area (Å²) >= 11 is 0. The van der Waals surface area contributed by atoms with Crippen molar-refractivity contribution in [1.29, 1.82) is 0 Å². The number of amides is 10. The van der Waals surface area contributed by atoms with Crippen LogP contribution in [0.3, 0.4) is 0 Å². The van der Waals surface area contributed by atoms with Crippen LogP contribution in [0.15, 0.2) is 0 Å². The van der Waals surface area contributed by atoms with Gasteiger partial charge in [-0.15, -0.1) is 0 Å². The second-order valence-corrected chi connectivity index (χ2v) is 21.9. The van der Waals surface area contributed by atoms with Gasteiger partial charge in [-0.3, -0.25) is 47.9 Å². The van der Waals surface area contributed by atoms with E-state index in [1.807, 2.05) is 0 Å². The molecular weight excluding hydrogens is 1040 g/mol. The Balaban J connectivity index is 3.65. The fourth-order valence-electron chi connectivity index (χ4n) is 9.02. The van der Waals surface area contributed by atoms with E-state index < -0.39 is 139 Å². The fraction of sp³-hybridized carbons (Fsp3) is 0.815. The minimum absolute atomic E-state index is 0.0682. The third-order valence-electron chi connectivity index (χ3n) is 13.6. The summed E-state index contributed by atoms with van der Waals surface area (Å²) in [4.78, 5) is 139. The van der Waals surface area contributed by atoms with Crippen LogP contribution >= 0.6 is 0 Å². The first kappa shape index (κ1) is 72.5. The Bertz CT molecular complexity index is 1930. The minimum atomic E-state index is -1.65. The summed E-state index contributed by atoms with van der Waals surface area (Å²) in [5, 5.41) is 47.1. The number of nitrogens with two attached hydrogens (primary N) is 4. The average Bonchev–Trinajstić information content (AvgIpc) is 3.38. The maximum absolute atomic E-state index is 14.4. The Morgan fingerprint density at radius 3 is 1.35 bits per heavy atom. The van der Waals surface area contributed by atoms with E-state index in [0.29, 0.717) is 6.42 Å². The number of nitrogens with one attached hydrogen (secondary N) is 10. The summed E-state index contributed by atoms with van der Waals surface area (Å²) in [6.45, 7) is 11.0. The highest BCUT2D eigenvalue weighted by molar-refractivity contribution is 5.98. The first-order valence-corrected chi connectivity index (χ1v) is 29.1. The zero-order valence-electron chi connectivity index (χ0n) is 48.8. The molecule has 1 aliphatic rings. The Labute approximate surface area is 473 Å². The number of carbonyl (C=O) groups excluding carboxylic acids is 10. The predicted octanol–water partition coefficient (Wildman–Crippen LogP) is -2.18. The van der Waals surface area contributed by atoms with Crippen LogP contribution in [0.25, 0.3) is 0 Å². The number of unbranched alkanes of at least 4 members (excludes halogenated alkanes) is 10. The second kappa shape index (κ2) is 40.6. The summed E-state index contributed by atoms with van der Waals surface area (Å²) in [5.74, 6) is -8.77. The lowest BCUT2D eigenvalue weighted by molar-refractivity contribution is -0.136. The summed E-state index contributed by atoms with van der Waals surface area (Å²) in [6, 6.07) is -12.8. The lowest BCUT2D eigenvalue weighted by atomic mass is 9.99. The molecule has 1 fully saturated rings. The Morgan fingerprint density at radius 2 is 0.938 bits per heavy atom. The molecule has 80 heavy (non-hydrogen) atoms. The third-order valence-corrected chi connectivity index (χ3v) is 13.6. The Hall–Kier alpha value is -5.54. The summed E-state index contributed by atoms with van der Waals surface area (Å²) in [7, 11) is 0. The molecule has 0 aromatic heterocycles. The molecule has 10 amide bonds. The monoisotopic (exact) mass is 1140 g/mol. The Morgan fingerprint density at radius 1 is 0.525 bits per heavy atom. The van der Waals surface area contributed by atoms with Crippen molar-refractivity contribution >= 4 is 59.1 Å². The second-order valence-electron chi connectivity index (χ2n) is 21.9. The predicted molar refractivity (Wildman–Crippen MR) is 303 cm³/mol. The van der Waals surface area contributed by atoms with Crippen molar-refractivity contribution in [2.24, 2.45) is 34.8 Å². The molecule has 11 unspecified atom stereocenters. The molecule has 0 saturated carbocycles. The molecule has 1 saturated heterocycles. The van der Waals surface area contributed by atoms with E-state index in [1.54, 1.807) is 27.7 Å². The van der Waals surface area contributed by atoms with Crippen LogP contribution in [-0.4, -0.2) is 169 Å². The van der Waals surface area contributed by atoms with Gasteiger partial charge in [0.25, 0.3) is 0 Å². The first-order valence-electron chi connectivity index (χ1n) is 29.1. The van der Waals surface area contributed by atoms with Crippen molar-refractivity contribution in [3.63, 3.8) is 0 Å². The molecule has 0 radical (unpaired) electrons. The van der Waals surface area contributed by atoms with Gasteiger partial charge in [-0.2, -0.15) is 0 Å². The molecule has 20 N–H and O–H groups in total. The lowest BCUT2D eigenvalue weighted by Crippen LogP contribution is -2.61. The van der Waals surface area contributed by atoms with Crippen LogP contribution in [0.5, 0.6) is 0 Å². The van der Waals surface area contributed by atoms with Crippen molar-refractivity contribution < 1.29 is 58.2 Å². The highest BCUT2D eigenvalue weighted by Gasteiger charge is 2.37. The first-order chi connectivity index (χ1) is 37.9. The van der Waals surface area contributed by atoms with Crippen LogP contribution < -0.4 is 76.1 Å². The van der Waals surface area contributed by atoms with E-state index in [-0.39, 0.29) is 83.0 Å². The topological polar surface area (TPSA) is 436 Å². The quantitative estimate of drug-likeness (QED) is 0.0328. The van der Waals surface area contributed by atoms with Crippen LogP contribution in [0.2, 0.25) is 0 Å². The summed E-state index contributed by atoms with van der Waals surface area (Å²) in [5.41, 5.74) is 23.5. The van der Waals surface area contributed by atoms with E-state index in [0.717, 1.165) is 25.7 Å². The van der Waals surface area contributed by atoms with Gasteiger partial charge >= 0.3 is 0 Å². The number of hydrogen-bond donors (Lipinski definition) is 16. The van der Waals surface area contributed by atoms with Crippen LogP contribution in [0.1, 0.15) is 170 Å². The van der Waals surface area contributed by atoms with E-state index in [2.05, 4.69) is 60.1 Å². The fourth-order valence-corrected chi connectivity index (χ4v) is 9.02. The maximum atomic E-state index is 14.4. The molecule has 0 aromatic rings. The van der Waals surface area contributed by atoms with Crippen LogP contribution in [0.4, 0.5) is 0 Å². The zero-order chi connectivity index (χ0) is 60.3. The SMILES string of the molecule is CCCCCCCCCCCCCC(=O)NC(C(=O)NC(CCN)C(=O)NC1CCNC(=O)C(C(C)O)NC(=O)C(CCN)NC(=O)C(CCN)NC(=O)C(CC(C)C)NC(=O)C(CC(C)C)NC(=O)C(CCN)NC1=O)C(C)O. The van der Waals surface area contributed by atoms with Crippen molar-refractivity contribution in [3.8, 4) is 0 Å².